The van der Waals surface area contributed by atoms with Gasteiger partial charge in [0.15, 0.2) is 0 Å². The molecule has 1 nitrogen and oxygen atoms in total. The molecule has 0 amide bonds. The lowest BCUT2D eigenvalue weighted by molar-refractivity contribution is 0.880. The second-order valence-electron chi connectivity index (χ2n) is 4.50. The summed E-state index contributed by atoms with van der Waals surface area (Å²) in [6.45, 7) is 6.42. The smallest absolute Gasteiger partial charge is 0.0648 e. The van der Waals surface area contributed by atoms with E-state index in [0.29, 0.717) is 0 Å². The summed E-state index contributed by atoms with van der Waals surface area (Å²) < 4.78 is 0. The summed E-state index contributed by atoms with van der Waals surface area (Å²) in [4.78, 5) is 2.66. The van der Waals surface area contributed by atoms with Crippen LogP contribution in [0.25, 0.3) is 0 Å². The van der Waals surface area contributed by atoms with Crippen LogP contribution in [-0.4, -0.2) is 0 Å². The molecule has 0 bridgehead atoms. The van der Waals surface area contributed by atoms with Crippen LogP contribution in [0.4, 0.5) is 0 Å². The van der Waals surface area contributed by atoms with Gasteiger partial charge in [-0.05, 0) is 43.5 Å². The second kappa shape index (κ2) is 5.03. The first-order chi connectivity index (χ1) is 8.11. The van der Waals surface area contributed by atoms with Crippen LogP contribution >= 0.6 is 11.3 Å². The van der Waals surface area contributed by atoms with E-state index in [2.05, 4.69) is 51.1 Å². The molecule has 0 radical (unpaired) electrons. The van der Waals surface area contributed by atoms with E-state index in [4.69, 9.17) is 5.73 Å². The van der Waals surface area contributed by atoms with Crippen molar-refractivity contribution >= 4 is 11.3 Å². The number of rotatable bonds is 3. The Morgan fingerprint density at radius 1 is 1.18 bits per heavy atom. The zero-order valence-electron chi connectivity index (χ0n) is 10.7. The SMILES string of the molecule is CCc1ccc(C(N)c2cc(C)ccc2C)s1. The normalized spacial score (nSPS) is 12.7. The van der Waals surface area contributed by atoms with Crippen molar-refractivity contribution in [2.45, 2.75) is 33.2 Å². The fourth-order valence-electron chi connectivity index (χ4n) is 2.00. The highest BCUT2D eigenvalue weighted by Gasteiger charge is 2.13. The predicted octanol–water partition coefficient (Wildman–Crippen LogP) is 3.98. The maximum atomic E-state index is 6.36. The van der Waals surface area contributed by atoms with E-state index in [9.17, 15) is 0 Å². The van der Waals surface area contributed by atoms with E-state index in [1.54, 1.807) is 0 Å². The van der Waals surface area contributed by atoms with Gasteiger partial charge < -0.3 is 5.73 Å². The van der Waals surface area contributed by atoms with Gasteiger partial charge >= 0.3 is 0 Å². The summed E-state index contributed by atoms with van der Waals surface area (Å²) in [6, 6.07) is 10.8. The van der Waals surface area contributed by atoms with Gasteiger partial charge in [0.1, 0.15) is 0 Å². The van der Waals surface area contributed by atoms with Crippen LogP contribution in [0.3, 0.4) is 0 Å². The van der Waals surface area contributed by atoms with Gasteiger partial charge in [-0.1, -0.05) is 30.7 Å². The van der Waals surface area contributed by atoms with Gasteiger partial charge in [0.05, 0.1) is 6.04 Å². The minimum absolute atomic E-state index is 0.0141. The minimum Gasteiger partial charge on any atom is -0.320 e. The third-order valence-corrected chi connectivity index (χ3v) is 4.42. The molecule has 1 heterocycles. The number of aryl methyl sites for hydroxylation is 3. The van der Waals surface area contributed by atoms with Crippen molar-refractivity contribution in [3.05, 3.63) is 56.8 Å². The lowest BCUT2D eigenvalue weighted by Crippen LogP contribution is -2.11. The van der Waals surface area contributed by atoms with Crippen LogP contribution in [-0.2, 0) is 6.42 Å². The van der Waals surface area contributed by atoms with Gasteiger partial charge in [0.2, 0.25) is 0 Å². The Morgan fingerprint density at radius 2 is 1.94 bits per heavy atom. The lowest BCUT2D eigenvalue weighted by Gasteiger charge is -2.14. The van der Waals surface area contributed by atoms with Gasteiger partial charge in [-0.15, -0.1) is 11.3 Å². The minimum atomic E-state index is 0.0141. The first kappa shape index (κ1) is 12.3. The van der Waals surface area contributed by atoms with Gasteiger partial charge in [-0.25, -0.2) is 0 Å². The molecule has 1 atom stereocenters. The zero-order valence-corrected chi connectivity index (χ0v) is 11.5. The number of benzene rings is 1. The van der Waals surface area contributed by atoms with Crippen LogP contribution in [0.1, 0.15) is 39.4 Å². The van der Waals surface area contributed by atoms with E-state index >= 15 is 0 Å². The number of hydrogen-bond acceptors (Lipinski definition) is 2. The number of nitrogens with two attached hydrogens (primary N) is 1. The molecule has 0 spiro atoms. The Balaban J connectivity index is 2.35. The molecule has 1 unspecified atom stereocenters. The average Bonchev–Trinajstić information content (AvgIpc) is 2.80. The molecule has 0 saturated carbocycles. The first-order valence-corrected chi connectivity index (χ1v) is 6.84. The van der Waals surface area contributed by atoms with Gasteiger partial charge in [-0.2, -0.15) is 0 Å². The molecule has 2 heteroatoms. The maximum Gasteiger partial charge on any atom is 0.0648 e. The van der Waals surface area contributed by atoms with Crippen molar-refractivity contribution in [2.75, 3.05) is 0 Å². The molecule has 0 aliphatic rings. The fraction of sp³-hybridized carbons (Fsp3) is 0.333. The summed E-state index contributed by atoms with van der Waals surface area (Å²) in [5.41, 5.74) is 10.2. The first-order valence-electron chi connectivity index (χ1n) is 6.03. The molecular formula is C15H19NS. The quantitative estimate of drug-likeness (QED) is 0.869. The molecule has 90 valence electrons. The molecule has 1 aromatic carbocycles. The van der Waals surface area contributed by atoms with Crippen molar-refractivity contribution in [3.8, 4) is 0 Å². The molecule has 2 rings (SSSR count). The van der Waals surface area contributed by atoms with Crippen molar-refractivity contribution in [1.29, 1.82) is 0 Å². The number of hydrogen-bond donors (Lipinski definition) is 1. The Kier molecular flexibility index (Phi) is 3.65. The molecule has 2 aromatic rings. The highest BCUT2D eigenvalue weighted by molar-refractivity contribution is 7.12. The predicted molar refractivity (Wildman–Crippen MR) is 75.6 cm³/mol. The topological polar surface area (TPSA) is 26.0 Å². The summed E-state index contributed by atoms with van der Waals surface area (Å²) in [5, 5.41) is 0. The molecule has 1 aromatic heterocycles. The average molecular weight is 245 g/mol. The van der Waals surface area contributed by atoms with E-state index < -0.39 is 0 Å². The summed E-state index contributed by atoms with van der Waals surface area (Å²) in [5.74, 6) is 0. The van der Waals surface area contributed by atoms with E-state index in [1.807, 2.05) is 11.3 Å². The van der Waals surface area contributed by atoms with E-state index in [0.717, 1.165) is 6.42 Å². The van der Waals surface area contributed by atoms with Gasteiger partial charge in [-0.3, -0.25) is 0 Å². The Hall–Kier alpha value is -1.12. The van der Waals surface area contributed by atoms with Crippen molar-refractivity contribution in [3.63, 3.8) is 0 Å². The highest BCUT2D eigenvalue weighted by atomic mass is 32.1. The van der Waals surface area contributed by atoms with E-state index in [1.165, 1.54) is 26.4 Å². The number of thiophene rings is 1. The van der Waals surface area contributed by atoms with Crippen molar-refractivity contribution < 1.29 is 0 Å². The lowest BCUT2D eigenvalue weighted by atomic mass is 9.98. The summed E-state index contributed by atoms with van der Waals surface area (Å²) in [7, 11) is 0. The van der Waals surface area contributed by atoms with Gasteiger partial charge in [0, 0.05) is 9.75 Å². The van der Waals surface area contributed by atoms with E-state index in [-0.39, 0.29) is 6.04 Å². The second-order valence-corrected chi connectivity index (χ2v) is 5.70. The molecule has 17 heavy (non-hydrogen) atoms. The largest absolute Gasteiger partial charge is 0.320 e. The van der Waals surface area contributed by atoms with Crippen LogP contribution in [0.2, 0.25) is 0 Å². The monoisotopic (exact) mass is 245 g/mol. The molecular weight excluding hydrogens is 226 g/mol. The molecule has 0 fully saturated rings. The van der Waals surface area contributed by atoms with Gasteiger partial charge in [0.25, 0.3) is 0 Å². The summed E-state index contributed by atoms with van der Waals surface area (Å²) in [6.07, 6.45) is 1.09. The maximum absolute atomic E-state index is 6.36. The zero-order chi connectivity index (χ0) is 12.4. The van der Waals surface area contributed by atoms with Crippen LogP contribution < -0.4 is 5.73 Å². The Labute approximate surface area is 107 Å². The van der Waals surface area contributed by atoms with Crippen LogP contribution in [0.15, 0.2) is 30.3 Å². The molecule has 0 aliphatic carbocycles. The fourth-order valence-corrected chi connectivity index (χ4v) is 2.97. The molecule has 0 saturated heterocycles. The van der Waals surface area contributed by atoms with Crippen LogP contribution in [0, 0.1) is 13.8 Å². The third-order valence-electron chi connectivity index (χ3n) is 3.11. The molecule has 2 N–H and O–H groups in total. The highest BCUT2D eigenvalue weighted by Crippen LogP contribution is 2.29. The summed E-state index contributed by atoms with van der Waals surface area (Å²) >= 11 is 1.83. The standard InChI is InChI=1S/C15H19NS/c1-4-12-7-8-14(17-12)15(16)13-9-10(2)5-6-11(13)3/h5-9,15H,4,16H2,1-3H3. The Morgan fingerprint density at radius 3 is 2.59 bits per heavy atom. The van der Waals surface area contributed by atoms with Crippen LogP contribution in [0.5, 0.6) is 0 Å². The van der Waals surface area contributed by atoms with Crippen molar-refractivity contribution in [1.82, 2.24) is 0 Å². The van der Waals surface area contributed by atoms with Crippen molar-refractivity contribution in [2.24, 2.45) is 5.73 Å². The third kappa shape index (κ3) is 2.59. The molecule has 0 aliphatic heterocycles. The Bertz CT molecular complexity index is 513.